The molecule has 80 valence electrons. The van der Waals surface area contributed by atoms with Gasteiger partial charge in [0.2, 0.25) is 5.91 Å². The number of nitrogens with two attached hydrogens (primary N) is 1. The number of primary amides is 1. The Morgan fingerprint density at radius 2 is 2.07 bits per heavy atom. The zero-order valence-corrected chi connectivity index (χ0v) is 8.70. The van der Waals surface area contributed by atoms with E-state index in [0.29, 0.717) is 0 Å². The van der Waals surface area contributed by atoms with E-state index in [9.17, 15) is 4.79 Å². The highest BCUT2D eigenvalue weighted by Gasteiger charge is 2.36. The lowest BCUT2D eigenvalue weighted by atomic mass is 10.0. The molecule has 2 fully saturated rings. The summed E-state index contributed by atoms with van der Waals surface area (Å²) < 4.78 is 0. The van der Waals surface area contributed by atoms with Crippen molar-refractivity contribution in [2.24, 2.45) is 23.5 Å². The first kappa shape index (κ1) is 9.93. The van der Waals surface area contributed by atoms with E-state index in [0.717, 1.165) is 44.6 Å². The van der Waals surface area contributed by atoms with E-state index in [2.05, 4.69) is 10.2 Å². The average molecular weight is 197 g/mol. The largest absolute Gasteiger partial charge is 0.369 e. The molecule has 4 nitrogen and oxygen atoms in total. The van der Waals surface area contributed by atoms with Gasteiger partial charge in [0, 0.05) is 25.6 Å². The first-order valence-electron chi connectivity index (χ1n) is 5.39. The van der Waals surface area contributed by atoms with Crippen LogP contribution in [-0.2, 0) is 4.79 Å². The molecule has 3 atom stereocenters. The van der Waals surface area contributed by atoms with Gasteiger partial charge in [-0.25, -0.2) is 0 Å². The zero-order valence-electron chi connectivity index (χ0n) is 8.70. The predicted molar refractivity (Wildman–Crippen MR) is 54.6 cm³/mol. The summed E-state index contributed by atoms with van der Waals surface area (Å²) >= 11 is 0. The van der Waals surface area contributed by atoms with Crippen molar-refractivity contribution in [1.82, 2.24) is 10.2 Å². The van der Waals surface area contributed by atoms with Crippen molar-refractivity contribution in [3.8, 4) is 0 Å². The maximum atomic E-state index is 10.9. The molecule has 1 unspecified atom stereocenters. The van der Waals surface area contributed by atoms with Gasteiger partial charge in [0.1, 0.15) is 0 Å². The number of nitrogens with zero attached hydrogens (tertiary/aromatic N) is 1. The topological polar surface area (TPSA) is 58.4 Å². The van der Waals surface area contributed by atoms with E-state index in [-0.39, 0.29) is 11.8 Å². The second kappa shape index (κ2) is 3.87. The molecular weight excluding hydrogens is 178 g/mol. The van der Waals surface area contributed by atoms with Crippen LogP contribution >= 0.6 is 0 Å². The molecule has 0 aromatic heterocycles. The lowest BCUT2D eigenvalue weighted by Crippen LogP contribution is -2.35. The van der Waals surface area contributed by atoms with Crippen molar-refractivity contribution in [3.63, 3.8) is 0 Å². The molecule has 2 saturated heterocycles. The lowest BCUT2D eigenvalue weighted by Gasteiger charge is -2.19. The van der Waals surface area contributed by atoms with Gasteiger partial charge in [0.15, 0.2) is 0 Å². The smallest absolute Gasteiger partial charge is 0.221 e. The molecule has 0 aromatic rings. The third-order valence-corrected chi connectivity index (χ3v) is 3.48. The first-order valence-corrected chi connectivity index (χ1v) is 5.39. The molecule has 1 amide bonds. The van der Waals surface area contributed by atoms with E-state index < -0.39 is 0 Å². The fourth-order valence-electron chi connectivity index (χ4n) is 2.58. The monoisotopic (exact) mass is 197 g/mol. The molecule has 0 spiro atoms. The third-order valence-electron chi connectivity index (χ3n) is 3.48. The fourth-order valence-corrected chi connectivity index (χ4v) is 2.58. The van der Waals surface area contributed by atoms with E-state index in [4.69, 9.17) is 5.73 Å². The Labute approximate surface area is 84.8 Å². The number of likely N-dealkylation sites (tertiary alicyclic amines) is 1. The third kappa shape index (κ3) is 1.91. The standard InChI is InChI=1S/C10H19N3O/c1-7(10(11)14)4-13-5-8-2-12-3-9(8)6-13/h7-9,12H,2-6H2,1H3,(H2,11,14)/t7?,8-,9+. The van der Waals surface area contributed by atoms with Crippen LogP contribution in [0.25, 0.3) is 0 Å². The second-order valence-corrected chi connectivity index (χ2v) is 4.70. The van der Waals surface area contributed by atoms with E-state index in [1.54, 1.807) is 0 Å². The Kier molecular flexibility index (Phi) is 2.74. The zero-order chi connectivity index (χ0) is 10.1. The van der Waals surface area contributed by atoms with Crippen molar-refractivity contribution in [2.75, 3.05) is 32.7 Å². The highest BCUT2D eigenvalue weighted by Crippen LogP contribution is 2.26. The number of hydrogen-bond donors (Lipinski definition) is 2. The van der Waals surface area contributed by atoms with Gasteiger partial charge in [-0.1, -0.05) is 6.92 Å². The molecule has 2 heterocycles. The summed E-state index contributed by atoms with van der Waals surface area (Å²) in [5.41, 5.74) is 5.25. The Bertz CT molecular complexity index is 219. The van der Waals surface area contributed by atoms with Crippen LogP contribution in [0.2, 0.25) is 0 Å². The molecule has 3 N–H and O–H groups in total. The molecule has 2 aliphatic heterocycles. The van der Waals surface area contributed by atoms with Gasteiger partial charge in [-0.15, -0.1) is 0 Å². The van der Waals surface area contributed by atoms with Gasteiger partial charge >= 0.3 is 0 Å². The minimum Gasteiger partial charge on any atom is -0.369 e. The number of carbonyl (C=O) groups is 1. The van der Waals surface area contributed by atoms with Crippen LogP contribution < -0.4 is 11.1 Å². The summed E-state index contributed by atoms with van der Waals surface area (Å²) in [5.74, 6) is 1.41. The number of amides is 1. The summed E-state index contributed by atoms with van der Waals surface area (Å²) in [5, 5.41) is 3.40. The average Bonchev–Trinajstić information content (AvgIpc) is 2.63. The van der Waals surface area contributed by atoms with Gasteiger partial charge < -0.3 is 16.0 Å². The Morgan fingerprint density at radius 1 is 1.50 bits per heavy atom. The van der Waals surface area contributed by atoms with E-state index >= 15 is 0 Å². The number of nitrogens with one attached hydrogen (secondary N) is 1. The van der Waals surface area contributed by atoms with Crippen LogP contribution in [0, 0.1) is 17.8 Å². The highest BCUT2D eigenvalue weighted by atomic mass is 16.1. The summed E-state index contributed by atoms with van der Waals surface area (Å²) in [6.07, 6.45) is 0. The van der Waals surface area contributed by atoms with E-state index in [1.807, 2.05) is 6.92 Å². The molecular formula is C10H19N3O. The van der Waals surface area contributed by atoms with Crippen molar-refractivity contribution < 1.29 is 4.79 Å². The molecule has 2 aliphatic rings. The van der Waals surface area contributed by atoms with Crippen molar-refractivity contribution >= 4 is 5.91 Å². The number of fused-ring (bicyclic) bond motifs is 1. The molecule has 14 heavy (non-hydrogen) atoms. The lowest BCUT2D eigenvalue weighted by molar-refractivity contribution is -0.121. The molecule has 0 saturated carbocycles. The maximum Gasteiger partial charge on any atom is 0.221 e. The SMILES string of the molecule is CC(CN1C[C@H]2CNC[C@H]2C1)C(N)=O. The summed E-state index contributed by atoms with van der Waals surface area (Å²) in [4.78, 5) is 13.3. The molecule has 0 aromatic carbocycles. The summed E-state index contributed by atoms with van der Waals surface area (Å²) in [6.45, 7) is 7.31. The Balaban J connectivity index is 1.81. The number of hydrogen-bond acceptors (Lipinski definition) is 3. The molecule has 0 bridgehead atoms. The van der Waals surface area contributed by atoms with Crippen molar-refractivity contribution in [1.29, 1.82) is 0 Å². The molecule has 4 heteroatoms. The predicted octanol–water partition coefficient (Wildman–Crippen LogP) is -0.741. The molecule has 0 aliphatic carbocycles. The van der Waals surface area contributed by atoms with Gasteiger partial charge in [-0.05, 0) is 24.9 Å². The van der Waals surface area contributed by atoms with Crippen LogP contribution in [0.3, 0.4) is 0 Å². The summed E-state index contributed by atoms with van der Waals surface area (Å²) in [6, 6.07) is 0. The quantitative estimate of drug-likeness (QED) is 0.626. The fraction of sp³-hybridized carbons (Fsp3) is 0.900. The Hall–Kier alpha value is -0.610. The van der Waals surface area contributed by atoms with Crippen LogP contribution in [0.5, 0.6) is 0 Å². The van der Waals surface area contributed by atoms with Crippen molar-refractivity contribution in [3.05, 3.63) is 0 Å². The maximum absolute atomic E-state index is 10.9. The minimum atomic E-state index is -0.180. The van der Waals surface area contributed by atoms with Gasteiger partial charge in [0.05, 0.1) is 0 Å². The first-order chi connectivity index (χ1) is 6.66. The molecule has 2 rings (SSSR count). The highest BCUT2D eigenvalue weighted by molar-refractivity contribution is 5.76. The summed E-state index contributed by atoms with van der Waals surface area (Å²) in [7, 11) is 0. The van der Waals surface area contributed by atoms with Crippen LogP contribution in [0.4, 0.5) is 0 Å². The van der Waals surface area contributed by atoms with Crippen LogP contribution in [0.15, 0.2) is 0 Å². The van der Waals surface area contributed by atoms with Gasteiger partial charge in [-0.3, -0.25) is 4.79 Å². The van der Waals surface area contributed by atoms with Crippen molar-refractivity contribution in [2.45, 2.75) is 6.92 Å². The minimum absolute atomic E-state index is 0.0122. The normalized spacial score (nSPS) is 34.4. The number of rotatable bonds is 3. The van der Waals surface area contributed by atoms with Gasteiger partial charge in [-0.2, -0.15) is 0 Å². The van der Waals surface area contributed by atoms with E-state index in [1.165, 1.54) is 0 Å². The van der Waals surface area contributed by atoms with Crippen LogP contribution in [-0.4, -0.2) is 43.5 Å². The van der Waals surface area contributed by atoms with Crippen LogP contribution in [0.1, 0.15) is 6.92 Å². The molecule has 0 radical (unpaired) electrons. The second-order valence-electron chi connectivity index (χ2n) is 4.70. The number of carbonyl (C=O) groups excluding carboxylic acids is 1. The Morgan fingerprint density at radius 3 is 2.57 bits per heavy atom. The van der Waals surface area contributed by atoms with Gasteiger partial charge in [0.25, 0.3) is 0 Å².